The minimum absolute atomic E-state index is 0.148. The zero-order chi connectivity index (χ0) is 21.8. The largest absolute Gasteiger partial charge is 0.497 e. The highest BCUT2D eigenvalue weighted by Crippen LogP contribution is 2.22. The Labute approximate surface area is 180 Å². The molecular formula is C23H24N4O4. The van der Waals surface area contributed by atoms with Crippen molar-refractivity contribution in [3.8, 4) is 17.1 Å². The molecule has 1 aromatic heterocycles. The molecule has 0 aliphatic carbocycles. The van der Waals surface area contributed by atoms with Gasteiger partial charge < -0.3 is 19.1 Å². The van der Waals surface area contributed by atoms with Gasteiger partial charge in [-0.25, -0.2) is 0 Å². The molecule has 1 saturated heterocycles. The standard InChI is InChI=1S/C23H24N4O4/c1-26(15-20-24-22(25-31-20)18-5-3-6-19(13-18)30-2)23(29)17-10-8-16(9-11-17)14-27-12-4-7-21(27)28/h3,5-6,8-11,13H,4,7,12,14-15H2,1-2H3. The van der Waals surface area contributed by atoms with Gasteiger partial charge in [-0.1, -0.05) is 29.4 Å². The number of hydrogen-bond donors (Lipinski definition) is 0. The van der Waals surface area contributed by atoms with Gasteiger partial charge in [0.25, 0.3) is 5.91 Å². The van der Waals surface area contributed by atoms with Crippen LogP contribution < -0.4 is 4.74 Å². The van der Waals surface area contributed by atoms with Gasteiger partial charge in [0.2, 0.25) is 17.6 Å². The third kappa shape index (κ3) is 4.74. The Morgan fingerprint density at radius 3 is 2.74 bits per heavy atom. The van der Waals surface area contributed by atoms with Gasteiger partial charge >= 0.3 is 0 Å². The molecule has 0 bridgehead atoms. The molecule has 4 rings (SSSR count). The molecule has 0 saturated carbocycles. The maximum Gasteiger partial charge on any atom is 0.254 e. The summed E-state index contributed by atoms with van der Waals surface area (Å²) >= 11 is 0. The summed E-state index contributed by atoms with van der Waals surface area (Å²) < 4.78 is 10.5. The van der Waals surface area contributed by atoms with Crippen LogP contribution in [0.5, 0.6) is 5.75 Å². The molecule has 1 aliphatic rings. The van der Waals surface area contributed by atoms with Crippen LogP contribution in [0.2, 0.25) is 0 Å². The summed E-state index contributed by atoms with van der Waals surface area (Å²) in [5, 5.41) is 4.00. The van der Waals surface area contributed by atoms with E-state index in [1.165, 1.54) is 4.90 Å². The molecule has 0 atom stereocenters. The minimum Gasteiger partial charge on any atom is -0.497 e. The second-order valence-corrected chi connectivity index (χ2v) is 7.52. The monoisotopic (exact) mass is 420 g/mol. The number of amides is 2. The number of aromatic nitrogens is 2. The molecule has 8 nitrogen and oxygen atoms in total. The summed E-state index contributed by atoms with van der Waals surface area (Å²) in [5.41, 5.74) is 2.34. The first-order chi connectivity index (χ1) is 15.0. The van der Waals surface area contributed by atoms with E-state index in [2.05, 4.69) is 10.1 Å². The number of carbonyl (C=O) groups is 2. The van der Waals surface area contributed by atoms with E-state index in [1.54, 1.807) is 26.3 Å². The average Bonchev–Trinajstić information content (AvgIpc) is 3.43. The Balaban J connectivity index is 1.38. The Bertz CT molecular complexity index is 1080. The lowest BCUT2D eigenvalue weighted by atomic mass is 10.1. The third-order valence-electron chi connectivity index (χ3n) is 5.26. The minimum atomic E-state index is -0.148. The molecule has 0 spiro atoms. The second kappa shape index (κ2) is 8.99. The fourth-order valence-corrected chi connectivity index (χ4v) is 3.54. The molecule has 160 valence electrons. The number of likely N-dealkylation sites (tertiary alicyclic amines) is 1. The highest BCUT2D eigenvalue weighted by atomic mass is 16.5. The van der Waals surface area contributed by atoms with Crippen molar-refractivity contribution in [3.05, 3.63) is 65.5 Å². The van der Waals surface area contributed by atoms with Crippen molar-refractivity contribution in [1.29, 1.82) is 0 Å². The number of hydrogen-bond acceptors (Lipinski definition) is 6. The lowest BCUT2D eigenvalue weighted by Crippen LogP contribution is -2.26. The van der Waals surface area contributed by atoms with E-state index in [9.17, 15) is 9.59 Å². The first kappa shape index (κ1) is 20.6. The SMILES string of the molecule is COc1cccc(-c2noc(CN(C)C(=O)c3ccc(CN4CCCC4=O)cc3)n2)c1. The fourth-order valence-electron chi connectivity index (χ4n) is 3.54. The zero-order valence-corrected chi connectivity index (χ0v) is 17.6. The number of benzene rings is 2. The number of carbonyl (C=O) groups excluding carboxylic acids is 2. The highest BCUT2D eigenvalue weighted by molar-refractivity contribution is 5.94. The summed E-state index contributed by atoms with van der Waals surface area (Å²) in [4.78, 5) is 32.3. The van der Waals surface area contributed by atoms with E-state index in [0.717, 1.165) is 24.1 Å². The van der Waals surface area contributed by atoms with Crippen molar-refractivity contribution in [2.24, 2.45) is 0 Å². The van der Waals surface area contributed by atoms with Gasteiger partial charge in [0.05, 0.1) is 13.7 Å². The molecule has 8 heteroatoms. The van der Waals surface area contributed by atoms with Gasteiger partial charge in [-0.05, 0) is 36.2 Å². The van der Waals surface area contributed by atoms with Crippen LogP contribution >= 0.6 is 0 Å². The maximum absolute atomic E-state index is 12.8. The van der Waals surface area contributed by atoms with Crippen molar-refractivity contribution < 1.29 is 18.8 Å². The van der Waals surface area contributed by atoms with Crippen LogP contribution in [0.1, 0.15) is 34.7 Å². The molecule has 2 heterocycles. The second-order valence-electron chi connectivity index (χ2n) is 7.52. The molecule has 2 amide bonds. The van der Waals surface area contributed by atoms with Crippen LogP contribution in [0.15, 0.2) is 53.1 Å². The van der Waals surface area contributed by atoms with Gasteiger partial charge in [-0.2, -0.15) is 4.98 Å². The van der Waals surface area contributed by atoms with Crippen LogP contribution in [-0.2, 0) is 17.9 Å². The number of rotatable bonds is 7. The topological polar surface area (TPSA) is 88.8 Å². The average molecular weight is 420 g/mol. The molecule has 1 aliphatic heterocycles. The lowest BCUT2D eigenvalue weighted by molar-refractivity contribution is -0.128. The van der Waals surface area contributed by atoms with Crippen molar-refractivity contribution in [3.63, 3.8) is 0 Å². The maximum atomic E-state index is 12.8. The lowest BCUT2D eigenvalue weighted by Gasteiger charge is -2.17. The van der Waals surface area contributed by atoms with Gasteiger partial charge in [-0.15, -0.1) is 0 Å². The third-order valence-corrected chi connectivity index (χ3v) is 5.26. The normalized spacial score (nSPS) is 13.5. The van der Waals surface area contributed by atoms with Gasteiger partial charge in [0, 0.05) is 37.7 Å². The summed E-state index contributed by atoms with van der Waals surface area (Å²) in [5.74, 6) is 1.53. The Kier molecular flexibility index (Phi) is 5.97. The molecule has 0 N–H and O–H groups in total. The van der Waals surface area contributed by atoms with Crippen LogP contribution in [-0.4, -0.2) is 52.5 Å². The number of methoxy groups -OCH3 is 1. The predicted molar refractivity (Wildman–Crippen MR) is 113 cm³/mol. The summed E-state index contributed by atoms with van der Waals surface area (Å²) in [7, 11) is 3.29. The van der Waals surface area contributed by atoms with Crippen LogP contribution in [0.3, 0.4) is 0 Å². The highest BCUT2D eigenvalue weighted by Gasteiger charge is 2.20. The molecular weight excluding hydrogens is 396 g/mol. The first-order valence-corrected chi connectivity index (χ1v) is 10.1. The Hall–Kier alpha value is -3.68. The quantitative estimate of drug-likeness (QED) is 0.583. The summed E-state index contributed by atoms with van der Waals surface area (Å²) in [6.07, 6.45) is 1.53. The van der Waals surface area contributed by atoms with E-state index >= 15 is 0 Å². The zero-order valence-electron chi connectivity index (χ0n) is 17.6. The van der Waals surface area contributed by atoms with E-state index < -0.39 is 0 Å². The van der Waals surface area contributed by atoms with Crippen LogP contribution in [0, 0.1) is 0 Å². The molecule has 1 fully saturated rings. The van der Waals surface area contributed by atoms with Gasteiger partial charge in [-0.3, -0.25) is 9.59 Å². The van der Waals surface area contributed by atoms with Gasteiger partial charge in [0.1, 0.15) is 5.75 Å². The van der Waals surface area contributed by atoms with Crippen LogP contribution in [0.25, 0.3) is 11.4 Å². The smallest absolute Gasteiger partial charge is 0.254 e. The van der Waals surface area contributed by atoms with E-state index in [4.69, 9.17) is 9.26 Å². The fraction of sp³-hybridized carbons (Fsp3) is 0.304. The molecule has 0 radical (unpaired) electrons. The molecule has 0 unspecified atom stereocenters. The predicted octanol–water partition coefficient (Wildman–Crippen LogP) is 3.14. The summed E-state index contributed by atoms with van der Waals surface area (Å²) in [6.45, 7) is 1.57. The van der Waals surface area contributed by atoms with Crippen LogP contribution in [0.4, 0.5) is 0 Å². The number of nitrogens with zero attached hydrogens (tertiary/aromatic N) is 4. The summed E-state index contributed by atoms with van der Waals surface area (Å²) in [6, 6.07) is 14.7. The van der Waals surface area contributed by atoms with Gasteiger partial charge in [0.15, 0.2) is 0 Å². The van der Waals surface area contributed by atoms with Crippen molar-refractivity contribution in [2.45, 2.75) is 25.9 Å². The van der Waals surface area contributed by atoms with Crippen molar-refractivity contribution in [1.82, 2.24) is 19.9 Å². The van der Waals surface area contributed by atoms with Crippen molar-refractivity contribution in [2.75, 3.05) is 20.7 Å². The molecule has 31 heavy (non-hydrogen) atoms. The van der Waals surface area contributed by atoms with E-state index in [-0.39, 0.29) is 18.4 Å². The van der Waals surface area contributed by atoms with E-state index in [1.807, 2.05) is 41.3 Å². The number of ether oxygens (including phenoxy) is 1. The van der Waals surface area contributed by atoms with Crippen molar-refractivity contribution >= 4 is 11.8 Å². The van der Waals surface area contributed by atoms with E-state index in [0.29, 0.717) is 36.0 Å². The Morgan fingerprint density at radius 2 is 2.03 bits per heavy atom. The molecule has 2 aromatic carbocycles. The molecule has 3 aromatic rings. The first-order valence-electron chi connectivity index (χ1n) is 10.1. The Morgan fingerprint density at radius 1 is 1.23 bits per heavy atom.